The molecule has 3 nitrogen and oxygen atoms in total. The van der Waals surface area contributed by atoms with E-state index in [0.29, 0.717) is 6.42 Å². The number of aryl methyl sites for hydroxylation is 2. The van der Waals surface area contributed by atoms with Gasteiger partial charge in [0.1, 0.15) is 5.75 Å². The first kappa shape index (κ1) is 15.4. The molecule has 112 valence electrons. The number of phenolic OH excluding ortho intramolecular Hbond substituents is 1. The Morgan fingerprint density at radius 2 is 1.57 bits per heavy atom. The number of phenols is 1. The van der Waals surface area contributed by atoms with Crippen molar-refractivity contribution in [1.29, 1.82) is 0 Å². The highest BCUT2D eigenvalue weighted by Crippen LogP contribution is 2.22. The largest absolute Gasteiger partial charge is 0.508 e. The van der Waals surface area contributed by atoms with Crippen LogP contribution >= 0.6 is 0 Å². The average molecular weight is 285 g/mol. The van der Waals surface area contributed by atoms with Crippen LogP contribution in [0.15, 0.2) is 42.5 Å². The fourth-order valence-electron chi connectivity index (χ4n) is 2.52. The minimum Gasteiger partial charge on any atom is -0.508 e. The standard InChI is InChI=1S/C18H23NO2/c1-13-10-14(2)12-15(11-13)18(21)8-9-19(3)16-4-6-17(20)7-5-16/h4-7,10-12,18,20-21H,8-9H2,1-3H3. The summed E-state index contributed by atoms with van der Waals surface area (Å²) in [5, 5.41) is 19.6. The first-order valence-electron chi connectivity index (χ1n) is 7.22. The molecule has 0 heterocycles. The van der Waals surface area contributed by atoms with E-state index in [1.54, 1.807) is 12.1 Å². The predicted octanol–water partition coefficient (Wildman–Crippen LogP) is 3.57. The molecule has 0 spiro atoms. The second-order valence-electron chi connectivity index (χ2n) is 5.66. The van der Waals surface area contributed by atoms with E-state index in [1.807, 2.05) is 45.2 Å². The van der Waals surface area contributed by atoms with Gasteiger partial charge in [-0.2, -0.15) is 0 Å². The van der Waals surface area contributed by atoms with Crippen molar-refractivity contribution in [2.75, 3.05) is 18.5 Å². The zero-order valence-corrected chi connectivity index (χ0v) is 12.9. The molecule has 0 aliphatic rings. The van der Waals surface area contributed by atoms with E-state index in [0.717, 1.165) is 17.8 Å². The summed E-state index contributed by atoms with van der Waals surface area (Å²) in [5.41, 5.74) is 4.36. The summed E-state index contributed by atoms with van der Waals surface area (Å²) >= 11 is 0. The first-order chi connectivity index (χ1) is 9.95. The number of hydrogen-bond acceptors (Lipinski definition) is 3. The lowest BCUT2D eigenvalue weighted by Gasteiger charge is -2.21. The van der Waals surface area contributed by atoms with Crippen molar-refractivity contribution >= 4 is 5.69 Å². The molecule has 0 amide bonds. The molecule has 0 bridgehead atoms. The summed E-state index contributed by atoms with van der Waals surface area (Å²) in [6.07, 6.45) is 0.212. The minimum absolute atomic E-state index is 0.266. The maximum atomic E-state index is 10.3. The van der Waals surface area contributed by atoms with Crippen molar-refractivity contribution in [2.24, 2.45) is 0 Å². The fourth-order valence-corrected chi connectivity index (χ4v) is 2.52. The summed E-state index contributed by atoms with van der Waals surface area (Å²) in [6.45, 7) is 4.84. The molecule has 0 aromatic heterocycles. The number of rotatable bonds is 5. The zero-order valence-electron chi connectivity index (χ0n) is 12.9. The first-order valence-corrected chi connectivity index (χ1v) is 7.22. The van der Waals surface area contributed by atoms with Crippen molar-refractivity contribution < 1.29 is 10.2 Å². The molecule has 0 aliphatic carbocycles. The number of nitrogens with zero attached hydrogens (tertiary/aromatic N) is 1. The van der Waals surface area contributed by atoms with Crippen LogP contribution in [0.25, 0.3) is 0 Å². The van der Waals surface area contributed by atoms with Gasteiger partial charge in [0, 0.05) is 19.3 Å². The topological polar surface area (TPSA) is 43.7 Å². The van der Waals surface area contributed by atoms with Crippen molar-refractivity contribution in [3.8, 4) is 5.75 Å². The van der Waals surface area contributed by atoms with Crippen LogP contribution in [0.3, 0.4) is 0 Å². The molecule has 2 N–H and O–H groups in total. The smallest absolute Gasteiger partial charge is 0.115 e. The number of hydrogen-bond donors (Lipinski definition) is 2. The third-order valence-electron chi connectivity index (χ3n) is 3.66. The summed E-state index contributed by atoms with van der Waals surface area (Å²) in [7, 11) is 1.99. The van der Waals surface area contributed by atoms with Gasteiger partial charge in [-0.25, -0.2) is 0 Å². The van der Waals surface area contributed by atoms with E-state index >= 15 is 0 Å². The minimum atomic E-state index is -0.455. The highest BCUT2D eigenvalue weighted by molar-refractivity contribution is 5.48. The number of benzene rings is 2. The van der Waals surface area contributed by atoms with Crippen LogP contribution in [-0.4, -0.2) is 23.8 Å². The Hall–Kier alpha value is -2.00. The quantitative estimate of drug-likeness (QED) is 0.882. The number of aliphatic hydroxyl groups is 1. The Balaban J connectivity index is 1.97. The van der Waals surface area contributed by atoms with Gasteiger partial charge in [-0.15, -0.1) is 0 Å². The Morgan fingerprint density at radius 1 is 1.00 bits per heavy atom. The van der Waals surface area contributed by atoms with Crippen LogP contribution in [0.5, 0.6) is 5.75 Å². The molecule has 3 heteroatoms. The summed E-state index contributed by atoms with van der Waals surface area (Å²) in [5.74, 6) is 0.266. The molecule has 0 saturated heterocycles. The van der Waals surface area contributed by atoms with Crippen LogP contribution in [0, 0.1) is 13.8 Å². The van der Waals surface area contributed by atoms with Crippen LogP contribution in [0.2, 0.25) is 0 Å². The van der Waals surface area contributed by atoms with Gasteiger partial charge in [-0.3, -0.25) is 0 Å². The van der Waals surface area contributed by atoms with E-state index in [9.17, 15) is 10.2 Å². The molecule has 0 aliphatic heterocycles. The average Bonchev–Trinajstić information content (AvgIpc) is 2.44. The highest BCUT2D eigenvalue weighted by atomic mass is 16.3. The van der Waals surface area contributed by atoms with Gasteiger partial charge in [-0.05, 0) is 50.1 Å². The van der Waals surface area contributed by atoms with Crippen LogP contribution in [0.1, 0.15) is 29.2 Å². The van der Waals surface area contributed by atoms with Gasteiger partial charge >= 0.3 is 0 Å². The van der Waals surface area contributed by atoms with Crippen LogP contribution < -0.4 is 4.90 Å². The highest BCUT2D eigenvalue weighted by Gasteiger charge is 2.10. The van der Waals surface area contributed by atoms with E-state index in [1.165, 1.54) is 11.1 Å². The van der Waals surface area contributed by atoms with Crippen molar-refractivity contribution in [1.82, 2.24) is 0 Å². The Morgan fingerprint density at radius 3 is 2.14 bits per heavy atom. The zero-order chi connectivity index (χ0) is 15.4. The number of aromatic hydroxyl groups is 1. The lowest BCUT2D eigenvalue weighted by atomic mass is 10.0. The van der Waals surface area contributed by atoms with Gasteiger partial charge in [0.25, 0.3) is 0 Å². The lowest BCUT2D eigenvalue weighted by molar-refractivity contribution is 0.169. The Bertz CT molecular complexity index is 572. The van der Waals surface area contributed by atoms with Crippen LogP contribution in [0.4, 0.5) is 5.69 Å². The molecule has 21 heavy (non-hydrogen) atoms. The maximum absolute atomic E-state index is 10.3. The SMILES string of the molecule is Cc1cc(C)cc(C(O)CCN(C)c2ccc(O)cc2)c1. The molecule has 0 radical (unpaired) electrons. The molecule has 0 saturated carbocycles. The molecular formula is C18H23NO2. The second kappa shape index (κ2) is 6.64. The normalized spacial score (nSPS) is 12.2. The molecule has 2 rings (SSSR count). The Labute approximate surface area is 126 Å². The summed E-state index contributed by atoms with van der Waals surface area (Å²) < 4.78 is 0. The van der Waals surface area contributed by atoms with Gasteiger partial charge < -0.3 is 15.1 Å². The summed E-state index contributed by atoms with van der Waals surface area (Å²) in [4.78, 5) is 2.07. The number of anilines is 1. The van der Waals surface area contributed by atoms with Crippen LogP contribution in [-0.2, 0) is 0 Å². The van der Waals surface area contributed by atoms with E-state index in [2.05, 4.69) is 11.0 Å². The third kappa shape index (κ3) is 4.23. The fraction of sp³-hybridized carbons (Fsp3) is 0.333. The molecule has 2 aromatic rings. The Kier molecular flexibility index (Phi) is 4.86. The molecule has 0 fully saturated rings. The van der Waals surface area contributed by atoms with Crippen molar-refractivity contribution in [3.05, 3.63) is 59.2 Å². The molecule has 1 unspecified atom stereocenters. The molecular weight excluding hydrogens is 262 g/mol. The van der Waals surface area contributed by atoms with Gasteiger partial charge in [0.2, 0.25) is 0 Å². The van der Waals surface area contributed by atoms with Gasteiger partial charge in [0.05, 0.1) is 6.10 Å². The lowest BCUT2D eigenvalue weighted by Crippen LogP contribution is -2.20. The van der Waals surface area contributed by atoms with E-state index < -0.39 is 6.10 Å². The predicted molar refractivity (Wildman–Crippen MR) is 86.9 cm³/mol. The van der Waals surface area contributed by atoms with E-state index in [-0.39, 0.29) is 5.75 Å². The number of aliphatic hydroxyl groups excluding tert-OH is 1. The molecule has 2 aromatic carbocycles. The van der Waals surface area contributed by atoms with Crippen molar-refractivity contribution in [2.45, 2.75) is 26.4 Å². The van der Waals surface area contributed by atoms with Crippen molar-refractivity contribution in [3.63, 3.8) is 0 Å². The second-order valence-corrected chi connectivity index (χ2v) is 5.66. The molecule has 1 atom stereocenters. The monoisotopic (exact) mass is 285 g/mol. The third-order valence-corrected chi connectivity index (χ3v) is 3.66. The maximum Gasteiger partial charge on any atom is 0.115 e. The van der Waals surface area contributed by atoms with E-state index in [4.69, 9.17) is 0 Å². The summed E-state index contributed by atoms with van der Waals surface area (Å²) in [6, 6.07) is 13.3. The van der Waals surface area contributed by atoms with Gasteiger partial charge in [-0.1, -0.05) is 29.3 Å². The van der Waals surface area contributed by atoms with Gasteiger partial charge in [0.15, 0.2) is 0 Å².